The fourth-order valence-corrected chi connectivity index (χ4v) is 2.55. The Morgan fingerprint density at radius 3 is 2.69 bits per heavy atom. The maximum Gasteiger partial charge on any atom is -0.0412 e. The smallest absolute Gasteiger partial charge is 0.0412 e. The summed E-state index contributed by atoms with van der Waals surface area (Å²) in [5.74, 6) is 3.03. The van der Waals surface area contributed by atoms with Gasteiger partial charge < -0.3 is 0 Å². The fraction of sp³-hybridized carbons (Fsp3) is 1.00. The van der Waals surface area contributed by atoms with Crippen molar-refractivity contribution in [1.82, 2.24) is 0 Å². The summed E-state index contributed by atoms with van der Waals surface area (Å²) in [5.41, 5.74) is 0. The van der Waals surface area contributed by atoms with Crippen molar-refractivity contribution in [2.75, 3.05) is 0 Å². The van der Waals surface area contributed by atoms with Crippen LogP contribution in [0.1, 0.15) is 65.7 Å². The maximum atomic E-state index is 2.43. The Bertz CT molecular complexity index is 128. The standard InChI is InChI=1S/C13H26/c1-4-11(2)8-9-13-7-5-6-12(3)10-13/h11-13H,4-10H2,1-3H3. The second kappa shape index (κ2) is 5.67. The van der Waals surface area contributed by atoms with Crippen molar-refractivity contribution in [2.24, 2.45) is 17.8 Å². The van der Waals surface area contributed by atoms with Crippen LogP contribution in [0.2, 0.25) is 0 Å². The number of hydrogen-bond donors (Lipinski definition) is 0. The Balaban J connectivity index is 2.13. The molecule has 0 N–H and O–H groups in total. The Kier molecular flexibility index (Phi) is 4.83. The van der Waals surface area contributed by atoms with E-state index < -0.39 is 0 Å². The zero-order valence-corrected chi connectivity index (χ0v) is 9.68. The van der Waals surface area contributed by atoms with E-state index in [1.54, 1.807) is 0 Å². The van der Waals surface area contributed by atoms with E-state index in [0.29, 0.717) is 0 Å². The van der Waals surface area contributed by atoms with Crippen LogP contribution in [0.5, 0.6) is 0 Å². The van der Waals surface area contributed by atoms with E-state index in [1.165, 1.54) is 44.9 Å². The molecule has 0 heterocycles. The highest BCUT2D eigenvalue weighted by atomic mass is 14.2. The summed E-state index contributed by atoms with van der Waals surface area (Å²) < 4.78 is 0. The van der Waals surface area contributed by atoms with Crippen LogP contribution in [0.3, 0.4) is 0 Å². The van der Waals surface area contributed by atoms with Crippen molar-refractivity contribution >= 4 is 0 Å². The normalized spacial score (nSPS) is 31.6. The number of hydrogen-bond acceptors (Lipinski definition) is 0. The molecule has 3 unspecified atom stereocenters. The van der Waals surface area contributed by atoms with E-state index >= 15 is 0 Å². The van der Waals surface area contributed by atoms with Crippen molar-refractivity contribution in [1.29, 1.82) is 0 Å². The van der Waals surface area contributed by atoms with Gasteiger partial charge in [0.2, 0.25) is 0 Å². The van der Waals surface area contributed by atoms with E-state index in [0.717, 1.165) is 17.8 Å². The molecule has 3 atom stereocenters. The molecule has 0 aliphatic heterocycles. The van der Waals surface area contributed by atoms with Crippen molar-refractivity contribution in [3.8, 4) is 0 Å². The molecule has 0 amide bonds. The largest absolute Gasteiger partial charge is 0.0651 e. The van der Waals surface area contributed by atoms with Crippen LogP contribution in [0.25, 0.3) is 0 Å². The van der Waals surface area contributed by atoms with Crippen molar-refractivity contribution in [3.05, 3.63) is 0 Å². The lowest BCUT2D eigenvalue weighted by Crippen LogP contribution is -2.13. The van der Waals surface area contributed by atoms with Crippen LogP contribution >= 0.6 is 0 Å². The molecule has 1 aliphatic carbocycles. The zero-order valence-electron chi connectivity index (χ0n) is 9.68. The minimum absolute atomic E-state index is 0.956. The van der Waals surface area contributed by atoms with E-state index in [2.05, 4.69) is 20.8 Å². The predicted octanol–water partition coefficient (Wildman–Crippen LogP) is 4.64. The summed E-state index contributed by atoms with van der Waals surface area (Å²) in [7, 11) is 0. The van der Waals surface area contributed by atoms with Crippen LogP contribution < -0.4 is 0 Å². The molecule has 78 valence electrons. The molecule has 0 bridgehead atoms. The molecule has 1 saturated carbocycles. The zero-order chi connectivity index (χ0) is 9.68. The second-order valence-corrected chi connectivity index (χ2v) is 5.23. The van der Waals surface area contributed by atoms with Crippen LogP contribution in [0, 0.1) is 17.8 Å². The van der Waals surface area contributed by atoms with E-state index in [1.807, 2.05) is 0 Å². The van der Waals surface area contributed by atoms with Crippen molar-refractivity contribution < 1.29 is 0 Å². The summed E-state index contributed by atoms with van der Waals surface area (Å²) in [4.78, 5) is 0. The highest BCUT2D eigenvalue weighted by molar-refractivity contribution is 4.71. The molecular weight excluding hydrogens is 156 g/mol. The van der Waals surface area contributed by atoms with Gasteiger partial charge in [-0.15, -0.1) is 0 Å². The Morgan fingerprint density at radius 2 is 2.08 bits per heavy atom. The first-order valence-corrected chi connectivity index (χ1v) is 6.22. The van der Waals surface area contributed by atoms with Gasteiger partial charge in [0.05, 0.1) is 0 Å². The lowest BCUT2D eigenvalue weighted by atomic mass is 9.79. The van der Waals surface area contributed by atoms with Gasteiger partial charge in [-0.2, -0.15) is 0 Å². The first kappa shape index (κ1) is 11.1. The Morgan fingerprint density at radius 1 is 1.31 bits per heavy atom. The molecule has 0 spiro atoms. The van der Waals surface area contributed by atoms with Gasteiger partial charge in [-0.05, 0) is 24.2 Å². The SMILES string of the molecule is CCC(C)CCC1CCCC(C)C1. The molecule has 0 saturated heterocycles. The van der Waals surface area contributed by atoms with Gasteiger partial charge in [-0.1, -0.05) is 59.3 Å². The van der Waals surface area contributed by atoms with Crippen molar-refractivity contribution in [3.63, 3.8) is 0 Å². The fourth-order valence-electron chi connectivity index (χ4n) is 2.55. The monoisotopic (exact) mass is 182 g/mol. The summed E-state index contributed by atoms with van der Waals surface area (Å²) >= 11 is 0. The first-order chi connectivity index (χ1) is 6.22. The third kappa shape index (κ3) is 4.15. The lowest BCUT2D eigenvalue weighted by molar-refractivity contribution is 0.254. The van der Waals surface area contributed by atoms with Gasteiger partial charge in [-0.3, -0.25) is 0 Å². The molecule has 0 nitrogen and oxygen atoms in total. The van der Waals surface area contributed by atoms with Gasteiger partial charge in [0.15, 0.2) is 0 Å². The molecule has 0 aromatic rings. The minimum atomic E-state index is 0.956. The summed E-state index contributed by atoms with van der Waals surface area (Å²) in [6.07, 6.45) is 10.3. The molecule has 13 heavy (non-hydrogen) atoms. The van der Waals surface area contributed by atoms with Gasteiger partial charge in [0.1, 0.15) is 0 Å². The van der Waals surface area contributed by atoms with Gasteiger partial charge in [-0.25, -0.2) is 0 Å². The molecule has 0 aromatic heterocycles. The molecule has 1 fully saturated rings. The van der Waals surface area contributed by atoms with Gasteiger partial charge >= 0.3 is 0 Å². The average Bonchev–Trinajstić information content (AvgIpc) is 2.14. The third-order valence-electron chi connectivity index (χ3n) is 3.81. The maximum absolute atomic E-state index is 2.43. The van der Waals surface area contributed by atoms with Crippen molar-refractivity contribution in [2.45, 2.75) is 65.7 Å². The number of rotatable bonds is 4. The average molecular weight is 182 g/mol. The predicted molar refractivity (Wildman–Crippen MR) is 59.8 cm³/mol. The minimum Gasteiger partial charge on any atom is -0.0651 e. The van der Waals surface area contributed by atoms with E-state index in [-0.39, 0.29) is 0 Å². The second-order valence-electron chi connectivity index (χ2n) is 5.23. The first-order valence-electron chi connectivity index (χ1n) is 6.22. The van der Waals surface area contributed by atoms with Crippen LogP contribution in [0.4, 0.5) is 0 Å². The molecule has 0 heteroatoms. The summed E-state index contributed by atoms with van der Waals surface area (Å²) in [5, 5.41) is 0. The summed E-state index contributed by atoms with van der Waals surface area (Å²) in [6, 6.07) is 0. The molecule has 0 aromatic carbocycles. The van der Waals surface area contributed by atoms with Crippen LogP contribution in [-0.4, -0.2) is 0 Å². The Hall–Kier alpha value is 0. The van der Waals surface area contributed by atoms with E-state index in [4.69, 9.17) is 0 Å². The Labute approximate surface area is 84.1 Å². The van der Waals surface area contributed by atoms with Gasteiger partial charge in [0, 0.05) is 0 Å². The van der Waals surface area contributed by atoms with Crippen LogP contribution in [0.15, 0.2) is 0 Å². The molecule has 1 aliphatic rings. The topological polar surface area (TPSA) is 0 Å². The van der Waals surface area contributed by atoms with Crippen LogP contribution in [-0.2, 0) is 0 Å². The quantitative estimate of drug-likeness (QED) is 0.594. The lowest BCUT2D eigenvalue weighted by Gasteiger charge is -2.27. The third-order valence-corrected chi connectivity index (χ3v) is 3.81. The highest BCUT2D eigenvalue weighted by Gasteiger charge is 2.18. The van der Waals surface area contributed by atoms with Gasteiger partial charge in [0.25, 0.3) is 0 Å². The molecular formula is C13H26. The molecule has 0 radical (unpaired) electrons. The summed E-state index contributed by atoms with van der Waals surface area (Å²) in [6.45, 7) is 7.13. The highest BCUT2D eigenvalue weighted by Crippen LogP contribution is 2.32. The molecule has 1 rings (SSSR count). The van der Waals surface area contributed by atoms with E-state index in [9.17, 15) is 0 Å².